The molecule has 0 saturated heterocycles. The van der Waals surface area contributed by atoms with Crippen LogP contribution in [0.25, 0.3) is 0 Å². The van der Waals surface area contributed by atoms with Crippen LogP contribution in [0.1, 0.15) is 85.0 Å². The van der Waals surface area contributed by atoms with E-state index in [1.807, 2.05) is 0 Å². The average molecular weight is 344 g/mol. The van der Waals surface area contributed by atoms with Crippen LogP contribution in [0.15, 0.2) is 0 Å². The topological polar surface area (TPSA) is 83.8 Å². The third-order valence-electron chi connectivity index (χ3n) is 4.52. The fraction of sp³-hybridized carbons (Fsp3) is 0.895. The zero-order valence-electron chi connectivity index (χ0n) is 15.7. The third-order valence-corrected chi connectivity index (χ3v) is 4.52. The number of carbonyl (C=O) groups excluding carboxylic acids is 2. The fourth-order valence-corrected chi connectivity index (χ4v) is 2.97. The summed E-state index contributed by atoms with van der Waals surface area (Å²) in [5.74, 6) is -1.13. The van der Waals surface area contributed by atoms with Gasteiger partial charge in [-0.05, 0) is 20.3 Å². The van der Waals surface area contributed by atoms with E-state index in [-0.39, 0.29) is 6.61 Å². The molecule has 0 aliphatic heterocycles. The monoisotopic (exact) mass is 344 g/mol. The Balaban J connectivity index is 3.97. The molecule has 0 bridgehead atoms. The Hall–Kier alpha value is -0.780. The summed E-state index contributed by atoms with van der Waals surface area (Å²) in [6, 6.07) is 0. The van der Waals surface area contributed by atoms with E-state index in [0.717, 1.165) is 19.3 Å². The Labute approximate surface area is 146 Å². The second-order valence-electron chi connectivity index (χ2n) is 6.58. The highest BCUT2D eigenvalue weighted by Crippen LogP contribution is 2.21. The maximum absolute atomic E-state index is 11.8. The first-order chi connectivity index (χ1) is 11.4. The predicted octanol–water partition coefficient (Wildman–Crippen LogP) is 3.19. The van der Waals surface area contributed by atoms with E-state index in [2.05, 4.69) is 6.92 Å². The Morgan fingerprint density at radius 2 is 1.29 bits per heavy atom. The van der Waals surface area contributed by atoms with Crippen molar-refractivity contribution in [2.24, 2.45) is 0 Å². The van der Waals surface area contributed by atoms with Gasteiger partial charge in [-0.25, -0.2) is 0 Å². The van der Waals surface area contributed by atoms with Crippen LogP contribution in [0.5, 0.6) is 0 Å². The number of aliphatic hydroxyl groups excluding tert-OH is 2. The van der Waals surface area contributed by atoms with Crippen molar-refractivity contribution in [1.82, 2.24) is 0 Å². The highest BCUT2D eigenvalue weighted by atomic mass is 16.5. The minimum absolute atomic E-state index is 0.229. The normalized spacial score (nSPS) is 13.0. The molecule has 1 atom stereocenters. The van der Waals surface area contributed by atoms with Gasteiger partial charge < -0.3 is 14.9 Å². The molecule has 0 spiro atoms. The van der Waals surface area contributed by atoms with Gasteiger partial charge in [0.1, 0.15) is 6.10 Å². The lowest BCUT2D eigenvalue weighted by Crippen LogP contribution is -2.57. The van der Waals surface area contributed by atoms with Crippen LogP contribution in [0.2, 0.25) is 0 Å². The van der Waals surface area contributed by atoms with Gasteiger partial charge in [-0.3, -0.25) is 9.59 Å². The third kappa shape index (κ3) is 7.86. The molecule has 1 unspecified atom stereocenters. The van der Waals surface area contributed by atoms with Crippen LogP contribution in [-0.4, -0.2) is 46.7 Å². The summed E-state index contributed by atoms with van der Waals surface area (Å²) in [4.78, 5) is 23.6. The lowest BCUT2D eigenvalue weighted by Gasteiger charge is -2.32. The van der Waals surface area contributed by atoms with Gasteiger partial charge in [0.2, 0.25) is 5.60 Å². The molecule has 24 heavy (non-hydrogen) atoms. The summed E-state index contributed by atoms with van der Waals surface area (Å²) in [5, 5.41) is 19.0. The molecule has 5 heteroatoms. The molecule has 0 aliphatic carbocycles. The van der Waals surface area contributed by atoms with E-state index >= 15 is 0 Å². The molecular weight excluding hydrogens is 308 g/mol. The zero-order valence-corrected chi connectivity index (χ0v) is 15.7. The number of ether oxygens (including phenoxy) is 1. The lowest BCUT2D eigenvalue weighted by atomic mass is 9.88. The van der Waals surface area contributed by atoms with Crippen LogP contribution in [0.3, 0.4) is 0 Å². The number of aliphatic hydroxyl groups is 2. The minimum Gasteiger partial charge on any atom is -0.394 e. The minimum atomic E-state index is -1.92. The molecule has 0 amide bonds. The Morgan fingerprint density at radius 3 is 1.67 bits per heavy atom. The Kier molecular flexibility index (Phi) is 13.1. The van der Waals surface area contributed by atoms with E-state index in [9.17, 15) is 14.7 Å². The second kappa shape index (κ2) is 13.5. The van der Waals surface area contributed by atoms with Crippen molar-refractivity contribution in [2.75, 3.05) is 13.2 Å². The Bertz CT molecular complexity index is 340. The molecule has 0 aromatic rings. The maximum atomic E-state index is 11.8. The highest BCUT2D eigenvalue weighted by Gasteiger charge is 2.48. The average Bonchev–Trinajstić information content (AvgIpc) is 2.54. The van der Waals surface area contributed by atoms with E-state index in [1.54, 1.807) is 0 Å². The summed E-state index contributed by atoms with van der Waals surface area (Å²) in [6.07, 6.45) is 10.3. The van der Waals surface area contributed by atoms with Crippen LogP contribution in [0, 0.1) is 0 Å². The summed E-state index contributed by atoms with van der Waals surface area (Å²) >= 11 is 0. The van der Waals surface area contributed by atoms with Crippen LogP contribution < -0.4 is 0 Å². The maximum Gasteiger partial charge on any atom is 0.211 e. The number of ketones is 2. The molecule has 0 aliphatic rings. The predicted molar refractivity (Wildman–Crippen MR) is 95.0 cm³/mol. The van der Waals surface area contributed by atoms with Crippen molar-refractivity contribution in [3.8, 4) is 0 Å². The van der Waals surface area contributed by atoms with Gasteiger partial charge in [0.05, 0.1) is 6.61 Å². The number of hydrogen-bond donors (Lipinski definition) is 2. The van der Waals surface area contributed by atoms with E-state index in [1.165, 1.54) is 58.8 Å². The molecule has 142 valence electrons. The first-order valence-electron chi connectivity index (χ1n) is 9.38. The van der Waals surface area contributed by atoms with E-state index in [4.69, 9.17) is 9.84 Å². The van der Waals surface area contributed by atoms with Crippen molar-refractivity contribution in [3.63, 3.8) is 0 Å². The summed E-state index contributed by atoms with van der Waals surface area (Å²) in [6.45, 7) is 4.18. The molecule has 0 heterocycles. The molecule has 0 saturated carbocycles. The summed E-state index contributed by atoms with van der Waals surface area (Å²) < 4.78 is 5.47. The molecule has 0 rings (SSSR count). The van der Waals surface area contributed by atoms with Gasteiger partial charge in [0.25, 0.3) is 0 Å². The summed E-state index contributed by atoms with van der Waals surface area (Å²) in [5.41, 5.74) is -1.92. The molecule has 0 aromatic carbocycles. The molecule has 2 N–H and O–H groups in total. The SMILES string of the molecule is CCCCCCCCCCCCOC(C(C)=O)(C(C)=O)C(O)CO. The second-order valence-corrected chi connectivity index (χ2v) is 6.58. The fourth-order valence-electron chi connectivity index (χ4n) is 2.97. The summed E-state index contributed by atoms with van der Waals surface area (Å²) in [7, 11) is 0. The van der Waals surface area contributed by atoms with Crippen LogP contribution >= 0.6 is 0 Å². The number of unbranched alkanes of at least 4 members (excludes halogenated alkanes) is 9. The van der Waals surface area contributed by atoms with Crippen LogP contribution in [0.4, 0.5) is 0 Å². The van der Waals surface area contributed by atoms with Crippen molar-refractivity contribution in [2.45, 2.75) is 96.7 Å². The zero-order chi connectivity index (χ0) is 18.4. The van der Waals surface area contributed by atoms with E-state index < -0.39 is 29.9 Å². The standard InChI is InChI=1S/C19H36O5/c1-4-5-6-7-8-9-10-11-12-13-14-24-19(16(2)21,17(3)22)18(23)15-20/h18,20,23H,4-15H2,1-3H3. The van der Waals surface area contributed by atoms with Crippen LogP contribution in [-0.2, 0) is 14.3 Å². The smallest absolute Gasteiger partial charge is 0.211 e. The van der Waals surface area contributed by atoms with Gasteiger partial charge in [-0.2, -0.15) is 0 Å². The first kappa shape index (κ1) is 23.2. The highest BCUT2D eigenvalue weighted by molar-refractivity contribution is 6.09. The quantitative estimate of drug-likeness (QED) is 0.332. The lowest BCUT2D eigenvalue weighted by molar-refractivity contribution is -0.175. The van der Waals surface area contributed by atoms with Crippen molar-refractivity contribution >= 4 is 11.6 Å². The van der Waals surface area contributed by atoms with Crippen molar-refractivity contribution in [3.05, 3.63) is 0 Å². The van der Waals surface area contributed by atoms with Gasteiger partial charge in [0, 0.05) is 6.61 Å². The van der Waals surface area contributed by atoms with Gasteiger partial charge in [0.15, 0.2) is 11.6 Å². The first-order valence-corrected chi connectivity index (χ1v) is 9.38. The Morgan fingerprint density at radius 1 is 0.875 bits per heavy atom. The largest absolute Gasteiger partial charge is 0.394 e. The molecule has 0 radical (unpaired) electrons. The van der Waals surface area contributed by atoms with Gasteiger partial charge in [-0.15, -0.1) is 0 Å². The van der Waals surface area contributed by atoms with E-state index in [0.29, 0.717) is 0 Å². The number of carbonyl (C=O) groups is 2. The number of rotatable bonds is 16. The van der Waals surface area contributed by atoms with Gasteiger partial charge >= 0.3 is 0 Å². The molecule has 0 aromatic heterocycles. The molecular formula is C19H36O5. The van der Waals surface area contributed by atoms with Crippen molar-refractivity contribution < 1.29 is 24.5 Å². The number of hydrogen-bond acceptors (Lipinski definition) is 5. The van der Waals surface area contributed by atoms with Crippen molar-refractivity contribution in [1.29, 1.82) is 0 Å². The molecule has 5 nitrogen and oxygen atoms in total. The molecule has 0 fully saturated rings. The number of Topliss-reactive ketones (excluding diaryl/α,β-unsaturated/α-hetero) is 2. The van der Waals surface area contributed by atoms with Gasteiger partial charge in [-0.1, -0.05) is 64.7 Å².